The molecule has 7 heteroatoms. The lowest BCUT2D eigenvalue weighted by Crippen LogP contribution is -2.41. The number of hydrogen-bond acceptors (Lipinski definition) is 5. The standard InChI is InChI=1S/C39H52N2O5/c1-26-10-11-27(2)39(4,5)25-41(28(3)20-26)38(44)34-15-14-32(45-6)22-36(34)40-18-16-29(17-19-40)24-46-33-9-7-8-31(21-33)35(23-37(42)43)30-12-13-30/h7-10,14-15,20-22,27,29-30,35H,11-13,16-19,23-25H2,1-6H3,(H,42,43)/b26-10-,28-20+. The third-order valence-corrected chi connectivity index (χ3v) is 10.5. The summed E-state index contributed by atoms with van der Waals surface area (Å²) in [7, 11) is 1.67. The first-order valence-corrected chi connectivity index (χ1v) is 17.0. The van der Waals surface area contributed by atoms with Crippen LogP contribution < -0.4 is 14.4 Å². The van der Waals surface area contributed by atoms with Gasteiger partial charge in [-0.3, -0.25) is 9.59 Å². The normalized spacial score (nSPS) is 23.6. The SMILES string of the molecule is COc1ccc(C(=O)N2CC(C)(C)C(C)C/C=C(C)\C=C\2C)c(N2CCC(COc3cccc(C(CC(=O)O)C4CC4)c3)CC2)c1. The van der Waals surface area contributed by atoms with Gasteiger partial charge < -0.3 is 24.4 Å². The lowest BCUT2D eigenvalue weighted by molar-refractivity contribution is -0.137. The van der Waals surface area contributed by atoms with Gasteiger partial charge in [-0.25, -0.2) is 0 Å². The summed E-state index contributed by atoms with van der Waals surface area (Å²) in [6, 6.07) is 13.9. The van der Waals surface area contributed by atoms with Crippen molar-refractivity contribution in [2.45, 2.75) is 79.1 Å². The molecule has 2 heterocycles. The Kier molecular flexibility index (Phi) is 10.5. The molecule has 7 nitrogen and oxygen atoms in total. The van der Waals surface area contributed by atoms with Gasteiger partial charge in [0.1, 0.15) is 11.5 Å². The summed E-state index contributed by atoms with van der Waals surface area (Å²) in [5.41, 5.74) is 4.80. The number of ether oxygens (including phenoxy) is 2. The number of aliphatic carboxylic acids is 1. The Bertz CT molecular complexity index is 1460. The maximum atomic E-state index is 14.4. The molecule has 1 aliphatic carbocycles. The van der Waals surface area contributed by atoms with Crippen molar-refractivity contribution in [3.05, 3.63) is 77.0 Å². The van der Waals surface area contributed by atoms with E-state index in [1.165, 1.54) is 5.57 Å². The van der Waals surface area contributed by atoms with E-state index in [1.807, 2.05) is 54.3 Å². The van der Waals surface area contributed by atoms with Gasteiger partial charge in [0.25, 0.3) is 5.91 Å². The van der Waals surface area contributed by atoms with Crippen LogP contribution in [0.25, 0.3) is 0 Å². The van der Waals surface area contributed by atoms with Crippen molar-refractivity contribution in [2.24, 2.45) is 23.2 Å². The lowest BCUT2D eigenvalue weighted by Gasteiger charge is -2.38. The Morgan fingerprint density at radius 1 is 1.02 bits per heavy atom. The minimum atomic E-state index is -0.745. The van der Waals surface area contributed by atoms with Crippen molar-refractivity contribution < 1.29 is 24.2 Å². The first-order chi connectivity index (χ1) is 21.9. The average molecular weight is 629 g/mol. The van der Waals surface area contributed by atoms with Gasteiger partial charge in [-0.2, -0.15) is 0 Å². The second kappa shape index (κ2) is 14.4. The van der Waals surface area contributed by atoms with Crippen molar-refractivity contribution in [3.8, 4) is 11.5 Å². The van der Waals surface area contributed by atoms with Crippen LogP contribution in [0.5, 0.6) is 11.5 Å². The van der Waals surface area contributed by atoms with Crippen LogP contribution in [0.3, 0.4) is 0 Å². The number of carboxylic acids is 1. The molecule has 0 radical (unpaired) electrons. The fraction of sp³-hybridized carbons (Fsp3) is 0.538. The average Bonchev–Trinajstić information content (AvgIpc) is 3.88. The summed E-state index contributed by atoms with van der Waals surface area (Å²) in [5, 5.41) is 9.43. The number of piperidine rings is 1. The van der Waals surface area contributed by atoms with Crippen molar-refractivity contribution in [1.82, 2.24) is 4.90 Å². The van der Waals surface area contributed by atoms with E-state index in [1.54, 1.807) is 7.11 Å². The van der Waals surface area contributed by atoms with E-state index >= 15 is 0 Å². The van der Waals surface area contributed by atoms with E-state index in [2.05, 4.69) is 44.7 Å². The summed E-state index contributed by atoms with van der Waals surface area (Å²) in [5.74, 6) is 2.18. The van der Waals surface area contributed by atoms with Crippen LogP contribution >= 0.6 is 0 Å². The van der Waals surface area contributed by atoms with Crippen molar-refractivity contribution in [1.29, 1.82) is 0 Å². The molecule has 46 heavy (non-hydrogen) atoms. The number of amides is 1. The predicted molar refractivity (Wildman–Crippen MR) is 184 cm³/mol. The van der Waals surface area contributed by atoms with E-state index in [4.69, 9.17) is 9.47 Å². The van der Waals surface area contributed by atoms with E-state index in [9.17, 15) is 14.7 Å². The van der Waals surface area contributed by atoms with Gasteiger partial charge in [-0.1, -0.05) is 44.6 Å². The largest absolute Gasteiger partial charge is 0.497 e. The summed E-state index contributed by atoms with van der Waals surface area (Å²) >= 11 is 0. The number of carbonyl (C=O) groups is 2. The van der Waals surface area contributed by atoms with E-state index in [0.29, 0.717) is 36.5 Å². The molecule has 2 atom stereocenters. The highest BCUT2D eigenvalue weighted by Crippen LogP contribution is 2.45. The lowest BCUT2D eigenvalue weighted by atomic mass is 9.77. The number of anilines is 1. The predicted octanol–water partition coefficient (Wildman–Crippen LogP) is 8.32. The summed E-state index contributed by atoms with van der Waals surface area (Å²) in [4.78, 5) is 30.2. The third kappa shape index (κ3) is 8.15. The molecular formula is C39H52N2O5. The zero-order chi connectivity index (χ0) is 33.0. The monoisotopic (exact) mass is 628 g/mol. The topological polar surface area (TPSA) is 79.3 Å². The highest BCUT2D eigenvalue weighted by atomic mass is 16.5. The molecule has 1 amide bonds. The van der Waals surface area contributed by atoms with Crippen molar-refractivity contribution in [3.63, 3.8) is 0 Å². The molecule has 0 spiro atoms. The minimum absolute atomic E-state index is 0.0270. The van der Waals surface area contributed by atoms with Crippen LogP contribution in [0.15, 0.2) is 65.9 Å². The van der Waals surface area contributed by atoms with Crippen LogP contribution in [0.2, 0.25) is 0 Å². The highest BCUT2D eigenvalue weighted by molar-refractivity contribution is 6.01. The molecule has 2 aromatic rings. The Labute approximate surface area is 275 Å². The molecule has 0 bridgehead atoms. The molecular weight excluding hydrogens is 576 g/mol. The quantitative estimate of drug-likeness (QED) is 0.285. The van der Waals surface area contributed by atoms with E-state index in [-0.39, 0.29) is 23.7 Å². The number of carboxylic acid groups (broad SMARTS) is 1. The Morgan fingerprint density at radius 2 is 1.76 bits per heavy atom. The van der Waals surface area contributed by atoms with Crippen LogP contribution in [-0.2, 0) is 4.79 Å². The van der Waals surface area contributed by atoms with Gasteiger partial charge in [0.15, 0.2) is 0 Å². The van der Waals surface area contributed by atoms with Crippen molar-refractivity contribution >= 4 is 17.6 Å². The van der Waals surface area contributed by atoms with Crippen LogP contribution in [0.1, 0.15) is 95.0 Å². The van der Waals surface area contributed by atoms with Gasteiger partial charge >= 0.3 is 5.97 Å². The van der Waals surface area contributed by atoms with Crippen LogP contribution in [-0.4, -0.2) is 55.2 Å². The molecule has 1 saturated heterocycles. The molecule has 2 unspecified atom stereocenters. The van der Waals surface area contributed by atoms with Crippen molar-refractivity contribution in [2.75, 3.05) is 38.3 Å². The second-order valence-electron chi connectivity index (χ2n) is 14.5. The smallest absolute Gasteiger partial charge is 0.303 e. The number of carbonyl (C=O) groups excluding carboxylic acids is 1. The molecule has 3 aliphatic rings. The molecule has 2 aliphatic heterocycles. The molecule has 0 aromatic heterocycles. The maximum Gasteiger partial charge on any atom is 0.303 e. The number of methoxy groups -OCH3 is 1. The Hall–Kier alpha value is -3.74. The first-order valence-electron chi connectivity index (χ1n) is 17.0. The number of nitrogens with zero attached hydrogens (tertiary/aromatic N) is 2. The molecule has 248 valence electrons. The number of benzene rings is 2. The van der Waals surface area contributed by atoms with Gasteiger partial charge in [-0.15, -0.1) is 0 Å². The highest BCUT2D eigenvalue weighted by Gasteiger charge is 2.35. The number of allylic oxidation sites excluding steroid dienone is 4. The van der Waals surface area contributed by atoms with Gasteiger partial charge in [0.2, 0.25) is 0 Å². The molecule has 5 rings (SSSR count). The molecule has 1 N–H and O–H groups in total. The van der Waals surface area contributed by atoms with Gasteiger partial charge in [0, 0.05) is 31.4 Å². The Balaban J connectivity index is 1.28. The molecule has 2 aromatic carbocycles. The molecule has 2 fully saturated rings. The first kappa shape index (κ1) is 33.6. The maximum absolute atomic E-state index is 14.4. The zero-order valence-corrected chi connectivity index (χ0v) is 28.6. The minimum Gasteiger partial charge on any atom is -0.497 e. The molecule has 1 saturated carbocycles. The van der Waals surface area contributed by atoms with E-state index in [0.717, 1.165) is 73.6 Å². The van der Waals surface area contributed by atoms with E-state index < -0.39 is 5.97 Å². The Morgan fingerprint density at radius 3 is 2.43 bits per heavy atom. The number of hydrogen-bond donors (Lipinski definition) is 1. The zero-order valence-electron chi connectivity index (χ0n) is 28.6. The fourth-order valence-corrected chi connectivity index (χ4v) is 6.93. The summed E-state index contributed by atoms with van der Waals surface area (Å²) in [6.07, 6.45) is 9.69. The number of rotatable bonds is 10. The van der Waals surface area contributed by atoms with Crippen LogP contribution in [0, 0.1) is 23.2 Å². The van der Waals surface area contributed by atoms with Gasteiger partial charge in [0.05, 0.1) is 31.4 Å². The van der Waals surface area contributed by atoms with Gasteiger partial charge in [-0.05, 0) is 111 Å². The third-order valence-electron chi connectivity index (χ3n) is 10.5. The summed E-state index contributed by atoms with van der Waals surface area (Å²) in [6.45, 7) is 13.9. The van der Waals surface area contributed by atoms with Crippen LogP contribution in [0.4, 0.5) is 5.69 Å². The summed E-state index contributed by atoms with van der Waals surface area (Å²) < 4.78 is 11.9. The fourth-order valence-electron chi connectivity index (χ4n) is 6.93. The second-order valence-corrected chi connectivity index (χ2v) is 14.5.